The minimum atomic E-state index is -3.84. The molecule has 1 amide bonds. The first kappa shape index (κ1) is 23.1. The largest absolute Gasteiger partial charge is 0.459 e. The summed E-state index contributed by atoms with van der Waals surface area (Å²) >= 11 is 12.2. The van der Waals surface area contributed by atoms with Crippen LogP contribution < -0.4 is 0 Å². The molecule has 1 fully saturated rings. The first-order valence-electron chi connectivity index (χ1n) is 10.4. The molecule has 2 heterocycles. The summed E-state index contributed by atoms with van der Waals surface area (Å²) in [5, 5.41) is 1.18. The van der Waals surface area contributed by atoms with E-state index in [9.17, 15) is 13.2 Å². The zero-order valence-corrected chi connectivity index (χ0v) is 20.1. The summed E-state index contributed by atoms with van der Waals surface area (Å²) in [5.41, 5.74) is 0.784. The van der Waals surface area contributed by atoms with E-state index in [1.165, 1.54) is 16.4 Å². The highest BCUT2D eigenvalue weighted by atomic mass is 35.5. The number of fused-ring (bicyclic) bond motifs is 1. The van der Waals surface area contributed by atoms with Gasteiger partial charge in [-0.2, -0.15) is 4.31 Å². The topological polar surface area (TPSA) is 70.8 Å². The van der Waals surface area contributed by atoms with E-state index in [2.05, 4.69) is 0 Å². The molecule has 0 radical (unpaired) electrons. The molecule has 32 heavy (non-hydrogen) atoms. The maximum absolute atomic E-state index is 13.1. The summed E-state index contributed by atoms with van der Waals surface area (Å²) < 4.78 is 33.4. The standard InChI is InChI=1S/C23H24Cl2N2O4S/c1-15(21-14-17-6-3-4-9-20(17)31-21)26(2)23(28)16-10-12-27(13-11-16)32(29,30)22-18(24)7-5-8-19(22)25/h3-9,14-16H,10-13H2,1-2H3. The lowest BCUT2D eigenvalue weighted by Gasteiger charge is -2.34. The summed E-state index contributed by atoms with van der Waals surface area (Å²) in [7, 11) is -2.08. The molecule has 1 aliphatic rings. The van der Waals surface area contributed by atoms with Gasteiger partial charge in [-0.3, -0.25) is 4.79 Å². The Morgan fingerprint density at radius 3 is 2.34 bits per heavy atom. The number of halogens is 2. The lowest BCUT2D eigenvalue weighted by Crippen LogP contribution is -2.44. The van der Waals surface area contributed by atoms with Gasteiger partial charge in [0.2, 0.25) is 15.9 Å². The van der Waals surface area contributed by atoms with Gasteiger partial charge in [0.15, 0.2) is 0 Å². The number of carbonyl (C=O) groups is 1. The number of hydrogen-bond donors (Lipinski definition) is 0. The van der Waals surface area contributed by atoms with Crippen LogP contribution in [0.15, 0.2) is 57.8 Å². The second-order valence-electron chi connectivity index (χ2n) is 8.04. The molecular weight excluding hydrogens is 471 g/mol. The molecule has 9 heteroatoms. The van der Waals surface area contributed by atoms with Crippen LogP contribution in [0.1, 0.15) is 31.6 Å². The monoisotopic (exact) mass is 494 g/mol. The molecule has 1 saturated heterocycles. The lowest BCUT2D eigenvalue weighted by molar-refractivity contribution is -0.137. The molecule has 6 nitrogen and oxygen atoms in total. The Bertz CT molecular complexity index is 1200. The van der Waals surface area contributed by atoms with E-state index in [0.717, 1.165) is 16.7 Å². The molecule has 4 rings (SSSR count). The van der Waals surface area contributed by atoms with Gasteiger partial charge in [-0.1, -0.05) is 47.5 Å². The minimum Gasteiger partial charge on any atom is -0.459 e. The van der Waals surface area contributed by atoms with E-state index in [1.54, 1.807) is 18.0 Å². The van der Waals surface area contributed by atoms with Gasteiger partial charge < -0.3 is 9.32 Å². The fourth-order valence-electron chi connectivity index (χ4n) is 4.08. The highest BCUT2D eigenvalue weighted by Crippen LogP contribution is 2.34. The molecule has 1 aliphatic heterocycles. The molecule has 0 N–H and O–H groups in total. The Labute approximate surface area is 197 Å². The van der Waals surface area contributed by atoms with Gasteiger partial charge in [0.25, 0.3) is 0 Å². The first-order chi connectivity index (χ1) is 15.2. The zero-order chi connectivity index (χ0) is 23.0. The molecule has 1 aromatic heterocycles. The van der Waals surface area contributed by atoms with E-state index >= 15 is 0 Å². The number of benzene rings is 2. The van der Waals surface area contributed by atoms with Gasteiger partial charge >= 0.3 is 0 Å². The van der Waals surface area contributed by atoms with Crippen molar-refractivity contribution in [1.29, 1.82) is 0 Å². The summed E-state index contributed by atoms with van der Waals surface area (Å²) in [5.74, 6) is 0.432. The van der Waals surface area contributed by atoms with Crippen LogP contribution in [-0.4, -0.2) is 43.7 Å². The highest BCUT2D eigenvalue weighted by molar-refractivity contribution is 7.89. The Hall–Kier alpha value is -2.06. The smallest absolute Gasteiger partial charge is 0.246 e. The third-order valence-corrected chi connectivity index (χ3v) is 8.96. The zero-order valence-electron chi connectivity index (χ0n) is 17.8. The second-order valence-corrected chi connectivity index (χ2v) is 10.7. The average molecular weight is 495 g/mol. The third kappa shape index (κ3) is 4.27. The van der Waals surface area contributed by atoms with E-state index in [-0.39, 0.29) is 45.9 Å². The Morgan fingerprint density at radius 2 is 1.72 bits per heavy atom. The molecule has 3 aromatic rings. The fourth-order valence-corrected chi connectivity index (χ4v) is 6.64. The van der Waals surface area contributed by atoms with Crippen LogP contribution in [-0.2, 0) is 14.8 Å². The van der Waals surface area contributed by atoms with E-state index < -0.39 is 10.0 Å². The molecule has 1 atom stereocenters. The van der Waals surface area contributed by atoms with Crippen molar-refractivity contribution in [2.75, 3.05) is 20.1 Å². The average Bonchev–Trinajstić information content (AvgIpc) is 3.22. The quantitative estimate of drug-likeness (QED) is 0.478. The van der Waals surface area contributed by atoms with E-state index in [4.69, 9.17) is 27.6 Å². The van der Waals surface area contributed by atoms with Crippen molar-refractivity contribution in [3.8, 4) is 0 Å². The Balaban J connectivity index is 1.44. The SMILES string of the molecule is CC(c1cc2ccccc2o1)N(C)C(=O)C1CCN(S(=O)(=O)c2c(Cl)cccc2Cl)CC1. The van der Waals surface area contributed by atoms with Crippen LogP contribution in [0.2, 0.25) is 10.0 Å². The maximum atomic E-state index is 13.1. The predicted octanol–water partition coefficient (Wildman–Crippen LogP) is 5.36. The number of carbonyl (C=O) groups excluding carboxylic acids is 1. The number of furan rings is 1. The van der Waals surface area contributed by atoms with Crippen LogP contribution in [0.25, 0.3) is 11.0 Å². The van der Waals surface area contributed by atoms with Crippen molar-refractivity contribution in [2.24, 2.45) is 5.92 Å². The summed E-state index contributed by atoms with van der Waals surface area (Å²) in [4.78, 5) is 14.7. The highest BCUT2D eigenvalue weighted by Gasteiger charge is 2.36. The third-order valence-electron chi connectivity index (χ3n) is 6.10. The second kappa shape index (κ2) is 9.06. The number of nitrogens with zero attached hydrogens (tertiary/aromatic N) is 2. The lowest BCUT2D eigenvalue weighted by atomic mass is 9.96. The fraction of sp³-hybridized carbons (Fsp3) is 0.348. The Morgan fingerprint density at radius 1 is 1.09 bits per heavy atom. The van der Waals surface area contributed by atoms with Crippen molar-refractivity contribution >= 4 is 50.1 Å². The number of amides is 1. The first-order valence-corrected chi connectivity index (χ1v) is 12.6. The van der Waals surface area contributed by atoms with E-state index in [1.807, 2.05) is 37.3 Å². The molecule has 0 spiro atoms. The molecular formula is C23H24Cl2N2O4S. The van der Waals surface area contributed by atoms with Crippen LogP contribution in [0.4, 0.5) is 0 Å². The van der Waals surface area contributed by atoms with Crippen LogP contribution in [0.3, 0.4) is 0 Å². The van der Waals surface area contributed by atoms with Gasteiger partial charge in [0, 0.05) is 31.4 Å². The minimum absolute atomic E-state index is 0.0224. The van der Waals surface area contributed by atoms with Gasteiger partial charge in [0.1, 0.15) is 16.2 Å². The van der Waals surface area contributed by atoms with Gasteiger partial charge in [0.05, 0.1) is 16.1 Å². The van der Waals surface area contributed by atoms with Gasteiger partial charge in [-0.15, -0.1) is 0 Å². The number of para-hydroxylation sites is 1. The summed E-state index contributed by atoms with van der Waals surface area (Å²) in [6, 6.07) is 14.0. The summed E-state index contributed by atoms with van der Waals surface area (Å²) in [6.45, 7) is 2.38. The van der Waals surface area contributed by atoms with Crippen molar-refractivity contribution in [1.82, 2.24) is 9.21 Å². The number of rotatable bonds is 5. The van der Waals surface area contributed by atoms with Crippen LogP contribution in [0, 0.1) is 5.92 Å². The molecule has 2 aromatic carbocycles. The number of sulfonamides is 1. The van der Waals surface area contributed by atoms with Gasteiger partial charge in [-0.25, -0.2) is 8.42 Å². The van der Waals surface area contributed by atoms with Crippen molar-refractivity contribution in [2.45, 2.75) is 30.7 Å². The molecule has 1 unspecified atom stereocenters. The van der Waals surface area contributed by atoms with Crippen LogP contribution in [0.5, 0.6) is 0 Å². The molecule has 0 aliphatic carbocycles. The maximum Gasteiger partial charge on any atom is 0.246 e. The number of piperidine rings is 1. The molecule has 0 bridgehead atoms. The predicted molar refractivity (Wildman–Crippen MR) is 125 cm³/mol. The van der Waals surface area contributed by atoms with Crippen molar-refractivity contribution in [3.63, 3.8) is 0 Å². The Kier molecular flexibility index (Phi) is 6.54. The molecule has 170 valence electrons. The van der Waals surface area contributed by atoms with Crippen molar-refractivity contribution < 1.29 is 17.6 Å². The molecule has 0 saturated carbocycles. The van der Waals surface area contributed by atoms with Gasteiger partial charge in [-0.05, 0) is 44.0 Å². The normalized spacial score (nSPS) is 16.9. The number of hydrogen-bond acceptors (Lipinski definition) is 4. The van der Waals surface area contributed by atoms with E-state index in [0.29, 0.717) is 12.8 Å². The van der Waals surface area contributed by atoms with Crippen LogP contribution >= 0.6 is 23.2 Å². The summed E-state index contributed by atoms with van der Waals surface area (Å²) in [6.07, 6.45) is 0.856. The van der Waals surface area contributed by atoms with Crippen molar-refractivity contribution in [3.05, 3.63) is 64.3 Å².